The van der Waals surface area contributed by atoms with Crippen LogP contribution >= 0.6 is 34.8 Å². The van der Waals surface area contributed by atoms with Crippen LogP contribution in [0.3, 0.4) is 0 Å². The van der Waals surface area contributed by atoms with Crippen molar-refractivity contribution >= 4 is 62.3 Å². The first-order valence-corrected chi connectivity index (χ1v) is 18.1. The minimum atomic E-state index is -4.21. The molecule has 1 fully saturated rings. The van der Waals surface area contributed by atoms with E-state index in [2.05, 4.69) is 5.32 Å². The Morgan fingerprint density at radius 3 is 2.04 bits per heavy atom. The molecule has 0 bridgehead atoms. The summed E-state index contributed by atoms with van der Waals surface area (Å²) in [5.41, 5.74) is 1.67. The fraction of sp³-hybridized carbons (Fsp3) is 0.278. The second-order valence-corrected chi connectivity index (χ2v) is 14.7. The van der Waals surface area contributed by atoms with Gasteiger partial charge in [0.05, 0.1) is 10.6 Å². The Bertz CT molecular complexity index is 1770. The van der Waals surface area contributed by atoms with Gasteiger partial charge in [-0.2, -0.15) is 0 Å². The molecule has 1 atom stereocenters. The third-order valence-electron chi connectivity index (χ3n) is 8.30. The Morgan fingerprint density at radius 2 is 1.40 bits per heavy atom. The minimum absolute atomic E-state index is 0.00498. The summed E-state index contributed by atoms with van der Waals surface area (Å²) < 4.78 is 29.2. The van der Waals surface area contributed by atoms with Gasteiger partial charge in [-0.15, -0.1) is 0 Å². The highest BCUT2D eigenvalue weighted by Crippen LogP contribution is 2.28. The normalized spacial score (nSPS) is 14.3. The lowest BCUT2D eigenvalue weighted by Crippen LogP contribution is -2.55. The number of benzene rings is 4. The van der Waals surface area contributed by atoms with Crippen molar-refractivity contribution in [3.8, 4) is 0 Å². The maximum absolute atomic E-state index is 14.6. The molecule has 47 heavy (non-hydrogen) atoms. The second-order valence-electron chi connectivity index (χ2n) is 11.6. The van der Waals surface area contributed by atoms with Gasteiger partial charge in [0.25, 0.3) is 10.0 Å². The molecule has 1 saturated carbocycles. The molecule has 2 amide bonds. The van der Waals surface area contributed by atoms with Crippen molar-refractivity contribution < 1.29 is 18.0 Å². The Kier molecular flexibility index (Phi) is 11.9. The van der Waals surface area contributed by atoms with Crippen LogP contribution in [0.1, 0.15) is 43.2 Å². The summed E-state index contributed by atoms with van der Waals surface area (Å²) in [5.74, 6) is -0.881. The van der Waals surface area contributed by atoms with Gasteiger partial charge in [0.1, 0.15) is 12.6 Å². The average Bonchev–Trinajstić information content (AvgIpc) is 3.07. The average molecular weight is 713 g/mol. The zero-order chi connectivity index (χ0) is 33.4. The van der Waals surface area contributed by atoms with E-state index in [0.717, 1.165) is 42.0 Å². The molecule has 4 aromatic carbocycles. The fourth-order valence-corrected chi connectivity index (χ4v) is 7.82. The summed E-state index contributed by atoms with van der Waals surface area (Å²) in [5, 5.41) is 4.37. The summed E-state index contributed by atoms with van der Waals surface area (Å²) >= 11 is 18.9. The molecule has 0 heterocycles. The highest BCUT2D eigenvalue weighted by Gasteiger charge is 2.35. The van der Waals surface area contributed by atoms with E-state index in [1.54, 1.807) is 60.7 Å². The molecule has 1 N–H and O–H groups in total. The van der Waals surface area contributed by atoms with Crippen LogP contribution in [-0.2, 0) is 32.6 Å². The van der Waals surface area contributed by atoms with Crippen LogP contribution in [0.2, 0.25) is 15.1 Å². The van der Waals surface area contributed by atoms with Gasteiger partial charge in [0.15, 0.2) is 0 Å². The third kappa shape index (κ3) is 9.08. The molecule has 5 rings (SSSR count). The number of hydrogen-bond donors (Lipinski definition) is 1. The van der Waals surface area contributed by atoms with Crippen molar-refractivity contribution in [2.24, 2.45) is 0 Å². The van der Waals surface area contributed by atoms with Gasteiger partial charge in [0, 0.05) is 34.1 Å². The molecular formula is C36H36Cl3N3O4S. The summed E-state index contributed by atoms with van der Waals surface area (Å²) in [6.45, 7) is -0.629. The molecular weight excluding hydrogens is 677 g/mol. The zero-order valence-corrected chi connectivity index (χ0v) is 28.8. The molecule has 246 valence electrons. The number of anilines is 1. The molecule has 0 saturated heterocycles. The van der Waals surface area contributed by atoms with Gasteiger partial charge < -0.3 is 10.2 Å². The van der Waals surface area contributed by atoms with E-state index in [1.165, 1.54) is 17.0 Å². The lowest BCUT2D eigenvalue weighted by molar-refractivity contribution is -0.140. The molecule has 0 spiro atoms. The van der Waals surface area contributed by atoms with Crippen LogP contribution in [0.4, 0.5) is 5.69 Å². The highest BCUT2D eigenvalue weighted by atomic mass is 35.5. The molecule has 1 aliphatic carbocycles. The Balaban J connectivity index is 1.57. The van der Waals surface area contributed by atoms with Crippen molar-refractivity contribution in [3.05, 3.63) is 129 Å². The maximum Gasteiger partial charge on any atom is 0.264 e. The summed E-state index contributed by atoms with van der Waals surface area (Å²) in [4.78, 5) is 30.3. The van der Waals surface area contributed by atoms with Crippen molar-refractivity contribution in [1.29, 1.82) is 0 Å². The summed E-state index contributed by atoms with van der Waals surface area (Å²) in [6.07, 6.45) is 5.09. The zero-order valence-electron chi connectivity index (χ0n) is 25.7. The van der Waals surface area contributed by atoms with Crippen molar-refractivity contribution in [3.63, 3.8) is 0 Å². The first-order chi connectivity index (χ1) is 22.6. The van der Waals surface area contributed by atoms with Crippen LogP contribution in [0.15, 0.2) is 108 Å². The smallest absolute Gasteiger partial charge is 0.264 e. The maximum atomic E-state index is 14.6. The Labute approximate surface area is 291 Å². The molecule has 7 nitrogen and oxygen atoms in total. The Morgan fingerprint density at radius 1 is 0.787 bits per heavy atom. The number of amides is 2. The predicted molar refractivity (Wildman–Crippen MR) is 188 cm³/mol. The number of carbonyl (C=O) groups excluding carboxylic acids is 2. The van der Waals surface area contributed by atoms with Gasteiger partial charge >= 0.3 is 0 Å². The van der Waals surface area contributed by atoms with Crippen molar-refractivity contribution in [1.82, 2.24) is 10.2 Å². The van der Waals surface area contributed by atoms with E-state index >= 15 is 0 Å². The topological polar surface area (TPSA) is 86.8 Å². The number of halogens is 3. The number of rotatable bonds is 12. The number of nitrogens with zero attached hydrogens (tertiary/aromatic N) is 2. The molecule has 0 radical (unpaired) electrons. The Hall–Kier alpha value is -3.56. The fourth-order valence-electron chi connectivity index (χ4n) is 5.79. The van der Waals surface area contributed by atoms with Crippen molar-refractivity contribution in [2.75, 3.05) is 10.8 Å². The monoisotopic (exact) mass is 711 g/mol. The van der Waals surface area contributed by atoms with Crippen LogP contribution in [0, 0.1) is 0 Å². The summed E-state index contributed by atoms with van der Waals surface area (Å²) in [7, 11) is -4.21. The second kappa shape index (κ2) is 16.0. The first kappa shape index (κ1) is 34.8. The largest absolute Gasteiger partial charge is 0.352 e. The molecule has 11 heteroatoms. The third-order valence-corrected chi connectivity index (χ3v) is 10.9. The van der Waals surface area contributed by atoms with E-state index in [4.69, 9.17) is 34.8 Å². The van der Waals surface area contributed by atoms with Gasteiger partial charge in [-0.25, -0.2) is 8.42 Å². The number of nitrogens with one attached hydrogen (secondary N) is 1. The molecule has 0 unspecified atom stereocenters. The standard InChI is InChI=1S/C36H36Cl3N3O4S/c37-28-18-20-31(21-19-28)42(47(45,46)32-14-8-3-9-15-32)25-35(43)41(24-27-16-17-29(38)23-33(27)39)34(22-26-10-4-1-5-11-26)36(44)40-30-12-6-2-7-13-30/h1,3-5,8-11,14-21,23,30,34H,2,6-7,12-13,22,24-25H2,(H,40,44)/t34-/m1/s1. The van der Waals surface area contributed by atoms with Crippen LogP contribution in [0.5, 0.6) is 0 Å². The van der Waals surface area contributed by atoms with E-state index in [0.29, 0.717) is 20.6 Å². The van der Waals surface area contributed by atoms with Gasteiger partial charge in [-0.3, -0.25) is 13.9 Å². The van der Waals surface area contributed by atoms with Gasteiger partial charge in [0.2, 0.25) is 11.8 Å². The summed E-state index contributed by atoms with van der Waals surface area (Å²) in [6, 6.07) is 27.6. The number of sulfonamides is 1. The highest BCUT2D eigenvalue weighted by molar-refractivity contribution is 7.92. The SMILES string of the molecule is O=C(NC1CCCCC1)[C@@H](Cc1ccccc1)N(Cc1ccc(Cl)cc1Cl)C(=O)CN(c1ccc(Cl)cc1)S(=O)(=O)c1ccccc1. The molecule has 0 aromatic heterocycles. The van der Waals surface area contributed by atoms with Crippen molar-refractivity contribution in [2.45, 2.75) is 62.0 Å². The van der Waals surface area contributed by atoms with E-state index in [1.807, 2.05) is 30.3 Å². The van der Waals surface area contributed by atoms with Crippen LogP contribution < -0.4 is 9.62 Å². The lowest BCUT2D eigenvalue weighted by Gasteiger charge is -2.35. The predicted octanol–water partition coefficient (Wildman–Crippen LogP) is 7.93. The van der Waals surface area contributed by atoms with Gasteiger partial charge in [-0.05, 0) is 72.5 Å². The number of hydrogen-bond acceptors (Lipinski definition) is 4. The van der Waals surface area contributed by atoms with Crippen LogP contribution in [0.25, 0.3) is 0 Å². The van der Waals surface area contributed by atoms with E-state index in [-0.39, 0.29) is 35.5 Å². The van der Waals surface area contributed by atoms with E-state index in [9.17, 15) is 18.0 Å². The van der Waals surface area contributed by atoms with E-state index < -0.39 is 28.5 Å². The first-order valence-electron chi connectivity index (χ1n) is 15.5. The molecule has 4 aromatic rings. The number of carbonyl (C=O) groups is 2. The minimum Gasteiger partial charge on any atom is -0.352 e. The van der Waals surface area contributed by atoms with Crippen LogP contribution in [-0.4, -0.2) is 43.8 Å². The lowest BCUT2D eigenvalue weighted by atomic mass is 9.94. The quantitative estimate of drug-likeness (QED) is 0.162. The molecule has 1 aliphatic rings. The molecule has 0 aliphatic heterocycles. The van der Waals surface area contributed by atoms with Gasteiger partial charge in [-0.1, -0.05) is 109 Å².